The van der Waals surface area contributed by atoms with E-state index in [0.717, 1.165) is 60.2 Å². The zero-order chi connectivity index (χ0) is 19.3. The van der Waals surface area contributed by atoms with Crippen LogP contribution in [0, 0.1) is 5.92 Å². The molecule has 9 heteroatoms. The van der Waals surface area contributed by atoms with Crippen LogP contribution >= 0.6 is 11.8 Å². The predicted octanol–water partition coefficient (Wildman–Crippen LogP) is 1.81. The molecular formula is C19H25N7OS. The van der Waals surface area contributed by atoms with Crippen LogP contribution in [0.25, 0.3) is 11.0 Å². The lowest BCUT2D eigenvalue weighted by Gasteiger charge is -2.30. The van der Waals surface area contributed by atoms with Gasteiger partial charge in [0.05, 0.1) is 17.6 Å². The fraction of sp³-hybridized carbons (Fsp3) is 0.474. The number of rotatable bonds is 7. The van der Waals surface area contributed by atoms with Gasteiger partial charge in [0.15, 0.2) is 5.16 Å². The Morgan fingerprint density at radius 3 is 2.89 bits per heavy atom. The maximum atomic E-state index is 12.4. The zero-order valence-corrected chi connectivity index (χ0v) is 16.8. The minimum Gasteiger partial charge on any atom is -0.355 e. The molecule has 3 heterocycles. The molecular weight excluding hydrogens is 374 g/mol. The molecule has 0 bridgehead atoms. The Morgan fingerprint density at radius 1 is 1.32 bits per heavy atom. The molecule has 1 aliphatic heterocycles. The van der Waals surface area contributed by atoms with Gasteiger partial charge in [-0.05, 0) is 38.1 Å². The van der Waals surface area contributed by atoms with E-state index in [0.29, 0.717) is 6.54 Å². The van der Waals surface area contributed by atoms with Gasteiger partial charge in [-0.3, -0.25) is 9.69 Å². The fourth-order valence-electron chi connectivity index (χ4n) is 3.51. The van der Waals surface area contributed by atoms with Crippen molar-refractivity contribution >= 4 is 28.7 Å². The third kappa shape index (κ3) is 4.53. The van der Waals surface area contributed by atoms with Crippen molar-refractivity contribution in [3.05, 3.63) is 36.4 Å². The van der Waals surface area contributed by atoms with E-state index >= 15 is 0 Å². The number of likely N-dealkylation sites (tertiary alicyclic amines) is 1. The summed E-state index contributed by atoms with van der Waals surface area (Å²) in [5, 5.41) is 11.8. The molecule has 1 saturated heterocycles. The lowest BCUT2D eigenvalue weighted by Crippen LogP contribution is -2.40. The molecule has 1 amide bonds. The van der Waals surface area contributed by atoms with Crippen LogP contribution in [-0.4, -0.2) is 60.9 Å². The number of carbonyl (C=O) groups is 1. The Bertz CT molecular complexity index is 896. The number of hydrogen-bond donors (Lipinski definition) is 2. The summed E-state index contributed by atoms with van der Waals surface area (Å²) < 4.78 is 1.88. The first-order valence-corrected chi connectivity index (χ1v) is 10.6. The van der Waals surface area contributed by atoms with Crippen LogP contribution in [0.3, 0.4) is 0 Å². The summed E-state index contributed by atoms with van der Waals surface area (Å²) in [5.41, 5.74) is 2.08. The van der Waals surface area contributed by atoms with Crippen LogP contribution in [0.5, 0.6) is 0 Å². The van der Waals surface area contributed by atoms with Crippen LogP contribution in [0.1, 0.15) is 18.7 Å². The summed E-state index contributed by atoms with van der Waals surface area (Å²) in [6, 6.07) is 8.09. The number of H-pyrrole nitrogens is 1. The summed E-state index contributed by atoms with van der Waals surface area (Å²) in [6.07, 6.45) is 3.46. The van der Waals surface area contributed by atoms with Gasteiger partial charge in [0.1, 0.15) is 12.2 Å². The van der Waals surface area contributed by atoms with E-state index in [1.165, 1.54) is 0 Å². The first-order valence-electron chi connectivity index (χ1n) is 9.59. The van der Waals surface area contributed by atoms with Gasteiger partial charge in [-0.25, -0.2) is 4.98 Å². The number of fused-ring (bicyclic) bond motifs is 1. The molecule has 1 aromatic carbocycles. The van der Waals surface area contributed by atoms with Crippen molar-refractivity contribution in [2.24, 2.45) is 13.0 Å². The highest BCUT2D eigenvalue weighted by Gasteiger charge is 2.25. The molecule has 28 heavy (non-hydrogen) atoms. The number of aryl methyl sites for hydroxylation is 1. The van der Waals surface area contributed by atoms with Gasteiger partial charge in [0, 0.05) is 25.3 Å². The topological polar surface area (TPSA) is 91.7 Å². The van der Waals surface area contributed by atoms with E-state index in [4.69, 9.17) is 0 Å². The van der Waals surface area contributed by atoms with Gasteiger partial charge in [0.25, 0.3) is 0 Å². The minimum atomic E-state index is 0.103. The fourth-order valence-corrected chi connectivity index (χ4v) is 4.25. The number of nitrogens with one attached hydrogen (secondary N) is 2. The summed E-state index contributed by atoms with van der Waals surface area (Å²) in [7, 11) is 1.92. The van der Waals surface area contributed by atoms with Crippen molar-refractivity contribution in [3.63, 3.8) is 0 Å². The van der Waals surface area contributed by atoms with Gasteiger partial charge in [-0.2, -0.15) is 0 Å². The van der Waals surface area contributed by atoms with Crippen molar-refractivity contribution in [1.82, 2.24) is 34.9 Å². The highest BCUT2D eigenvalue weighted by molar-refractivity contribution is 7.99. The highest BCUT2D eigenvalue weighted by Crippen LogP contribution is 2.20. The lowest BCUT2D eigenvalue weighted by molar-refractivity contribution is -0.126. The number of thioether (sulfide) groups is 1. The van der Waals surface area contributed by atoms with Crippen LogP contribution in [0.4, 0.5) is 0 Å². The SMILES string of the molecule is Cn1cnnc1SCCNC(=O)C1CCN(Cc2nc3ccccc3[nH]2)CC1. The molecule has 2 N–H and O–H groups in total. The number of benzene rings is 1. The molecule has 2 aromatic heterocycles. The average molecular weight is 400 g/mol. The molecule has 0 unspecified atom stereocenters. The smallest absolute Gasteiger partial charge is 0.223 e. The van der Waals surface area contributed by atoms with Gasteiger partial charge in [-0.1, -0.05) is 23.9 Å². The Kier molecular flexibility index (Phi) is 5.92. The normalized spacial score (nSPS) is 15.9. The average Bonchev–Trinajstić information content (AvgIpc) is 3.31. The highest BCUT2D eigenvalue weighted by atomic mass is 32.2. The Hall–Kier alpha value is -2.39. The van der Waals surface area contributed by atoms with Crippen molar-refractivity contribution in [2.45, 2.75) is 24.5 Å². The number of para-hydroxylation sites is 2. The molecule has 148 valence electrons. The molecule has 1 fully saturated rings. The number of piperidine rings is 1. The number of carbonyl (C=O) groups excluding carboxylic acids is 1. The maximum Gasteiger partial charge on any atom is 0.223 e. The summed E-state index contributed by atoms with van der Waals surface area (Å²) in [5.74, 6) is 2.06. The van der Waals surface area contributed by atoms with E-state index in [-0.39, 0.29) is 11.8 Å². The third-order valence-corrected chi connectivity index (χ3v) is 6.11. The molecule has 0 atom stereocenters. The molecule has 0 saturated carbocycles. The Balaban J connectivity index is 1.18. The molecule has 0 spiro atoms. The van der Waals surface area contributed by atoms with Crippen molar-refractivity contribution in [1.29, 1.82) is 0 Å². The van der Waals surface area contributed by atoms with Gasteiger partial charge in [0.2, 0.25) is 5.91 Å². The number of aromatic nitrogens is 5. The molecule has 4 rings (SSSR count). The number of aromatic amines is 1. The van der Waals surface area contributed by atoms with Crippen LogP contribution < -0.4 is 5.32 Å². The van der Waals surface area contributed by atoms with E-state index < -0.39 is 0 Å². The summed E-state index contributed by atoms with van der Waals surface area (Å²) in [4.78, 5) is 22.8. The number of nitrogens with zero attached hydrogens (tertiary/aromatic N) is 5. The van der Waals surface area contributed by atoms with Crippen molar-refractivity contribution in [2.75, 3.05) is 25.4 Å². The van der Waals surface area contributed by atoms with Crippen LogP contribution in [0.15, 0.2) is 35.7 Å². The van der Waals surface area contributed by atoms with Gasteiger partial charge in [-0.15, -0.1) is 10.2 Å². The minimum absolute atomic E-state index is 0.103. The second kappa shape index (κ2) is 8.74. The second-order valence-corrected chi connectivity index (χ2v) is 8.18. The quantitative estimate of drug-likeness (QED) is 0.465. The molecule has 3 aromatic rings. The summed E-state index contributed by atoms with van der Waals surface area (Å²) in [6.45, 7) is 3.29. The predicted molar refractivity (Wildman–Crippen MR) is 109 cm³/mol. The zero-order valence-electron chi connectivity index (χ0n) is 16.0. The van der Waals surface area contributed by atoms with Crippen LogP contribution in [0.2, 0.25) is 0 Å². The van der Waals surface area contributed by atoms with Gasteiger partial charge >= 0.3 is 0 Å². The van der Waals surface area contributed by atoms with Crippen molar-refractivity contribution < 1.29 is 4.79 Å². The molecule has 1 aliphatic rings. The molecule has 8 nitrogen and oxygen atoms in total. The Morgan fingerprint density at radius 2 is 2.14 bits per heavy atom. The first-order chi connectivity index (χ1) is 13.7. The number of hydrogen-bond acceptors (Lipinski definition) is 6. The first kappa shape index (κ1) is 18.9. The lowest BCUT2D eigenvalue weighted by atomic mass is 9.96. The standard InChI is InChI=1S/C19H25N7OS/c1-25-13-21-24-19(25)28-11-8-20-18(27)14-6-9-26(10-7-14)12-17-22-15-4-2-3-5-16(15)23-17/h2-5,13-14H,6-12H2,1H3,(H,20,27)(H,22,23). The molecule has 0 aliphatic carbocycles. The van der Waals surface area contributed by atoms with Crippen LogP contribution in [-0.2, 0) is 18.4 Å². The molecule has 0 radical (unpaired) electrons. The second-order valence-electron chi connectivity index (χ2n) is 7.11. The van der Waals surface area contributed by atoms with E-state index in [1.807, 2.05) is 35.9 Å². The van der Waals surface area contributed by atoms with Crippen molar-refractivity contribution in [3.8, 4) is 0 Å². The monoisotopic (exact) mass is 399 g/mol. The van der Waals surface area contributed by atoms with E-state index in [9.17, 15) is 4.79 Å². The third-order valence-electron chi connectivity index (χ3n) is 5.07. The summed E-state index contributed by atoms with van der Waals surface area (Å²) >= 11 is 1.60. The van der Waals surface area contributed by atoms with Gasteiger partial charge < -0.3 is 14.9 Å². The number of amides is 1. The maximum absolute atomic E-state index is 12.4. The Labute approximate surface area is 168 Å². The van der Waals surface area contributed by atoms with E-state index in [1.54, 1.807) is 18.1 Å². The number of imidazole rings is 1. The largest absolute Gasteiger partial charge is 0.355 e. The van der Waals surface area contributed by atoms with E-state index in [2.05, 4.69) is 30.4 Å².